The van der Waals surface area contributed by atoms with Gasteiger partial charge >= 0.3 is 0 Å². The molecule has 0 aromatic carbocycles. The molecule has 0 heterocycles. The number of methoxy groups -OCH3 is 1. The first-order chi connectivity index (χ1) is 9.76. The van der Waals surface area contributed by atoms with Crippen molar-refractivity contribution in [1.29, 1.82) is 0 Å². The Labute approximate surface area is 135 Å². The van der Waals surface area contributed by atoms with Crippen molar-refractivity contribution < 1.29 is 9.13 Å². The van der Waals surface area contributed by atoms with Crippen LogP contribution in [0.25, 0.3) is 0 Å². The molecule has 114 valence electrons. The van der Waals surface area contributed by atoms with E-state index in [2.05, 4.69) is 41.1 Å². The van der Waals surface area contributed by atoms with Crippen molar-refractivity contribution in [2.75, 3.05) is 7.11 Å². The Morgan fingerprint density at radius 3 is 2.67 bits per heavy atom. The predicted octanol–water partition coefficient (Wildman–Crippen LogP) is 5.42. The summed E-state index contributed by atoms with van der Waals surface area (Å²) < 4.78 is 19.7. The van der Waals surface area contributed by atoms with Gasteiger partial charge in [-0.05, 0) is 44.1 Å². The molecule has 0 bridgehead atoms. The van der Waals surface area contributed by atoms with Gasteiger partial charge in [0.25, 0.3) is 0 Å². The molecular weight excluding hydrogens is 331 g/mol. The molecule has 0 saturated heterocycles. The van der Waals surface area contributed by atoms with Gasteiger partial charge < -0.3 is 4.74 Å². The van der Waals surface area contributed by atoms with E-state index in [0.717, 1.165) is 23.3 Å². The second kappa shape index (κ2) is 5.96. The zero-order chi connectivity index (χ0) is 15.7. The maximum Gasteiger partial charge on any atom is 0.143 e. The first kappa shape index (κ1) is 16.3. The van der Waals surface area contributed by atoms with Gasteiger partial charge in [0.1, 0.15) is 11.4 Å². The fourth-order valence-corrected chi connectivity index (χ4v) is 2.87. The van der Waals surface area contributed by atoms with Crippen molar-refractivity contribution >= 4 is 15.9 Å². The van der Waals surface area contributed by atoms with Gasteiger partial charge in [0.2, 0.25) is 0 Å². The van der Waals surface area contributed by atoms with Gasteiger partial charge in [0, 0.05) is 5.41 Å². The van der Waals surface area contributed by atoms with Crippen molar-refractivity contribution in [2.24, 2.45) is 5.41 Å². The lowest BCUT2D eigenvalue weighted by Crippen LogP contribution is -2.31. The molecule has 0 fully saturated rings. The smallest absolute Gasteiger partial charge is 0.143 e. The van der Waals surface area contributed by atoms with Crippen LogP contribution >= 0.6 is 15.9 Å². The van der Waals surface area contributed by atoms with Crippen LogP contribution in [-0.2, 0) is 4.74 Å². The fraction of sp³-hybridized carbons (Fsp3) is 0.444. The van der Waals surface area contributed by atoms with Gasteiger partial charge in [-0.25, -0.2) is 4.39 Å². The lowest BCUT2D eigenvalue weighted by atomic mass is 9.82. The first-order valence-electron chi connectivity index (χ1n) is 7.12. The van der Waals surface area contributed by atoms with E-state index >= 15 is 0 Å². The Morgan fingerprint density at radius 2 is 2.14 bits per heavy atom. The highest BCUT2D eigenvalue weighted by Crippen LogP contribution is 2.37. The fourth-order valence-electron chi connectivity index (χ4n) is 2.61. The Hall–Kier alpha value is -1.09. The minimum absolute atomic E-state index is 0.0530. The topological polar surface area (TPSA) is 9.23 Å². The SMILES string of the molecule is COC1=CCC(C)(/C=C/C2=CC(C)(F)C(Br)C(C)=C2)C=C1. The lowest BCUT2D eigenvalue weighted by molar-refractivity contribution is 0.263. The van der Waals surface area contributed by atoms with E-state index < -0.39 is 5.67 Å². The molecule has 0 N–H and O–H groups in total. The minimum Gasteiger partial charge on any atom is -0.497 e. The Morgan fingerprint density at radius 1 is 1.43 bits per heavy atom. The van der Waals surface area contributed by atoms with E-state index in [1.807, 2.05) is 25.2 Å². The van der Waals surface area contributed by atoms with Crippen LogP contribution in [0.3, 0.4) is 0 Å². The first-order valence-corrected chi connectivity index (χ1v) is 8.04. The van der Waals surface area contributed by atoms with Crippen LogP contribution in [0.1, 0.15) is 27.2 Å². The third-order valence-electron chi connectivity index (χ3n) is 4.00. The molecule has 21 heavy (non-hydrogen) atoms. The van der Waals surface area contributed by atoms with Crippen molar-refractivity contribution in [3.05, 3.63) is 59.4 Å². The van der Waals surface area contributed by atoms with Crippen LogP contribution < -0.4 is 0 Å². The van der Waals surface area contributed by atoms with Crippen LogP contribution in [0.5, 0.6) is 0 Å². The summed E-state index contributed by atoms with van der Waals surface area (Å²) in [5.41, 5.74) is 0.519. The maximum atomic E-state index is 14.5. The van der Waals surface area contributed by atoms with Gasteiger partial charge in [-0.1, -0.05) is 52.7 Å². The molecule has 1 nitrogen and oxygen atoms in total. The average molecular weight is 353 g/mol. The van der Waals surface area contributed by atoms with Gasteiger partial charge in [0.15, 0.2) is 0 Å². The number of rotatable bonds is 3. The molecule has 0 spiro atoms. The van der Waals surface area contributed by atoms with Gasteiger partial charge in [-0.3, -0.25) is 0 Å². The summed E-state index contributed by atoms with van der Waals surface area (Å²) >= 11 is 3.41. The average Bonchev–Trinajstić information content (AvgIpc) is 2.43. The van der Waals surface area contributed by atoms with Gasteiger partial charge in [-0.15, -0.1) is 0 Å². The summed E-state index contributed by atoms with van der Waals surface area (Å²) in [6.07, 6.45) is 14.9. The Kier molecular flexibility index (Phi) is 4.62. The zero-order valence-corrected chi connectivity index (χ0v) is 14.6. The molecule has 3 atom stereocenters. The number of allylic oxidation sites excluding steroid dienone is 9. The van der Waals surface area contributed by atoms with Crippen LogP contribution in [-0.4, -0.2) is 17.6 Å². The van der Waals surface area contributed by atoms with E-state index in [1.54, 1.807) is 20.1 Å². The summed E-state index contributed by atoms with van der Waals surface area (Å²) in [7, 11) is 1.67. The Balaban J connectivity index is 2.16. The molecule has 0 aliphatic heterocycles. The normalized spacial score (nSPS) is 36.3. The molecule has 0 radical (unpaired) electrons. The van der Waals surface area contributed by atoms with Crippen LogP contribution in [0.15, 0.2) is 59.4 Å². The highest BCUT2D eigenvalue weighted by Gasteiger charge is 2.34. The van der Waals surface area contributed by atoms with Crippen LogP contribution in [0.2, 0.25) is 0 Å². The molecule has 3 heteroatoms. The summed E-state index contributed by atoms with van der Waals surface area (Å²) in [5.74, 6) is 0.895. The van der Waals surface area contributed by atoms with E-state index in [1.165, 1.54) is 0 Å². The van der Waals surface area contributed by atoms with E-state index in [0.29, 0.717) is 0 Å². The van der Waals surface area contributed by atoms with Crippen LogP contribution in [0.4, 0.5) is 4.39 Å². The standard InChI is InChI=1S/C18H22BrFO/c1-13-11-14(12-18(3,20)16(13)19)5-8-17(2)9-6-15(21-4)7-10-17/h5-9,11-12,16H,10H2,1-4H3/b8-5+. The second-order valence-corrected chi connectivity index (χ2v) is 7.15. The molecular formula is C18H22BrFO. The summed E-state index contributed by atoms with van der Waals surface area (Å²) in [4.78, 5) is -0.250. The zero-order valence-electron chi connectivity index (χ0n) is 13.0. The van der Waals surface area contributed by atoms with E-state index in [-0.39, 0.29) is 10.2 Å². The minimum atomic E-state index is -1.36. The van der Waals surface area contributed by atoms with Crippen molar-refractivity contribution in [3.8, 4) is 0 Å². The summed E-state index contributed by atoms with van der Waals surface area (Å²) in [5, 5.41) is 0. The molecule has 3 unspecified atom stereocenters. The highest BCUT2D eigenvalue weighted by atomic mass is 79.9. The molecule has 0 amide bonds. The third kappa shape index (κ3) is 3.76. The molecule has 2 aliphatic carbocycles. The summed E-state index contributed by atoms with van der Waals surface area (Å²) in [6.45, 7) is 5.71. The van der Waals surface area contributed by atoms with Crippen LogP contribution in [0, 0.1) is 5.41 Å². The van der Waals surface area contributed by atoms with Crippen molar-refractivity contribution in [3.63, 3.8) is 0 Å². The largest absolute Gasteiger partial charge is 0.497 e. The molecule has 0 saturated carbocycles. The van der Waals surface area contributed by atoms with Gasteiger partial charge in [0.05, 0.1) is 11.9 Å². The predicted molar refractivity (Wildman–Crippen MR) is 90.2 cm³/mol. The highest BCUT2D eigenvalue weighted by molar-refractivity contribution is 9.09. The second-order valence-electron chi connectivity index (χ2n) is 6.23. The molecule has 2 aliphatic rings. The monoisotopic (exact) mass is 352 g/mol. The van der Waals surface area contributed by atoms with Crippen molar-refractivity contribution in [2.45, 2.75) is 37.7 Å². The van der Waals surface area contributed by atoms with E-state index in [4.69, 9.17) is 4.74 Å². The third-order valence-corrected chi connectivity index (χ3v) is 5.62. The number of ether oxygens (including phenoxy) is 1. The number of halogens is 2. The maximum absolute atomic E-state index is 14.5. The number of hydrogen-bond donors (Lipinski definition) is 0. The number of hydrogen-bond acceptors (Lipinski definition) is 1. The lowest BCUT2D eigenvalue weighted by Gasteiger charge is -2.29. The van der Waals surface area contributed by atoms with E-state index in [9.17, 15) is 4.39 Å². The molecule has 0 aromatic rings. The van der Waals surface area contributed by atoms with Crippen molar-refractivity contribution in [1.82, 2.24) is 0 Å². The quantitative estimate of drug-likeness (QED) is 0.616. The molecule has 2 rings (SSSR count). The molecule has 0 aromatic heterocycles. The number of alkyl halides is 2. The van der Waals surface area contributed by atoms with Gasteiger partial charge in [-0.2, -0.15) is 0 Å². The summed E-state index contributed by atoms with van der Waals surface area (Å²) in [6, 6.07) is 0. The Bertz CT molecular complexity index is 566.